The predicted molar refractivity (Wildman–Crippen MR) is 64.3 cm³/mol. The molecule has 1 aliphatic rings. The summed E-state index contributed by atoms with van der Waals surface area (Å²) >= 11 is 0. The van der Waals surface area contributed by atoms with Gasteiger partial charge in [0, 0.05) is 13.2 Å². The summed E-state index contributed by atoms with van der Waals surface area (Å²) < 4.78 is 5.05. The number of ether oxygens (including phenoxy) is 1. The van der Waals surface area contributed by atoms with Gasteiger partial charge < -0.3 is 15.0 Å². The molecule has 1 amide bonds. The van der Waals surface area contributed by atoms with Crippen LogP contribution in [0.25, 0.3) is 0 Å². The summed E-state index contributed by atoms with van der Waals surface area (Å²) in [5.41, 5.74) is 0. The lowest BCUT2D eigenvalue weighted by atomic mass is 9.97. The van der Waals surface area contributed by atoms with Gasteiger partial charge in [0.15, 0.2) is 0 Å². The van der Waals surface area contributed by atoms with Crippen LogP contribution in [0.5, 0.6) is 0 Å². The quantitative estimate of drug-likeness (QED) is 0.733. The molecule has 0 aromatic heterocycles. The summed E-state index contributed by atoms with van der Waals surface area (Å²) in [6.45, 7) is 9.18. The van der Waals surface area contributed by atoms with Crippen molar-refractivity contribution in [3.8, 4) is 0 Å². The molecule has 4 heteroatoms. The zero-order valence-corrected chi connectivity index (χ0v) is 10.5. The van der Waals surface area contributed by atoms with Crippen LogP contribution in [0.15, 0.2) is 0 Å². The minimum absolute atomic E-state index is 0.0137. The molecule has 1 fully saturated rings. The maximum Gasteiger partial charge on any atom is 0.246 e. The van der Waals surface area contributed by atoms with Crippen molar-refractivity contribution in [2.75, 3.05) is 39.4 Å². The Bertz CT molecular complexity index is 201. The molecule has 1 heterocycles. The van der Waals surface area contributed by atoms with E-state index < -0.39 is 0 Å². The zero-order chi connectivity index (χ0) is 11.8. The van der Waals surface area contributed by atoms with Crippen LogP contribution in [0.2, 0.25) is 0 Å². The molecule has 0 unspecified atom stereocenters. The van der Waals surface area contributed by atoms with Gasteiger partial charge in [0.2, 0.25) is 5.91 Å². The molecule has 94 valence electrons. The summed E-state index contributed by atoms with van der Waals surface area (Å²) in [6.07, 6.45) is 2.39. The first-order chi connectivity index (χ1) is 7.76. The molecule has 0 atom stereocenters. The highest BCUT2D eigenvalue weighted by Crippen LogP contribution is 2.15. The van der Waals surface area contributed by atoms with E-state index in [1.165, 1.54) is 25.9 Å². The molecule has 1 saturated heterocycles. The average molecular weight is 228 g/mol. The van der Waals surface area contributed by atoms with Crippen molar-refractivity contribution in [1.82, 2.24) is 10.2 Å². The normalized spacial score (nSPS) is 18.6. The molecule has 0 aromatic rings. The minimum Gasteiger partial charge on any atom is -0.372 e. The predicted octanol–water partition coefficient (Wildman–Crippen LogP) is 0.871. The van der Waals surface area contributed by atoms with E-state index in [9.17, 15) is 4.79 Å². The molecule has 1 rings (SSSR count). The fourth-order valence-corrected chi connectivity index (χ4v) is 2.01. The second kappa shape index (κ2) is 7.63. The van der Waals surface area contributed by atoms with E-state index in [1.807, 2.05) is 6.92 Å². The second-order valence-electron chi connectivity index (χ2n) is 4.32. The Morgan fingerprint density at radius 2 is 2.06 bits per heavy atom. The molecule has 1 aliphatic heterocycles. The summed E-state index contributed by atoms with van der Waals surface area (Å²) in [5.74, 6) is 0.660. The van der Waals surface area contributed by atoms with Crippen LogP contribution >= 0.6 is 0 Å². The Labute approximate surface area is 98.3 Å². The van der Waals surface area contributed by atoms with E-state index in [1.54, 1.807) is 0 Å². The number of amides is 1. The number of carbonyl (C=O) groups is 1. The number of nitrogens with zero attached hydrogens (tertiary/aromatic N) is 1. The first-order valence-electron chi connectivity index (χ1n) is 6.33. The molecular formula is C12H24N2O2. The topological polar surface area (TPSA) is 41.6 Å². The molecule has 0 bridgehead atoms. The third-order valence-electron chi connectivity index (χ3n) is 3.18. The van der Waals surface area contributed by atoms with Crippen LogP contribution in [-0.2, 0) is 9.53 Å². The van der Waals surface area contributed by atoms with Crippen LogP contribution in [0, 0.1) is 5.92 Å². The van der Waals surface area contributed by atoms with Gasteiger partial charge in [-0.3, -0.25) is 4.79 Å². The molecule has 1 N–H and O–H groups in total. The highest BCUT2D eigenvalue weighted by Gasteiger charge is 2.18. The van der Waals surface area contributed by atoms with Crippen molar-refractivity contribution in [2.45, 2.75) is 26.7 Å². The van der Waals surface area contributed by atoms with Gasteiger partial charge in [-0.1, -0.05) is 6.92 Å². The number of hydrogen-bond acceptors (Lipinski definition) is 3. The number of likely N-dealkylation sites (tertiary alicyclic amines) is 1. The van der Waals surface area contributed by atoms with E-state index in [2.05, 4.69) is 17.1 Å². The lowest BCUT2D eigenvalue weighted by molar-refractivity contribution is -0.125. The van der Waals surface area contributed by atoms with Crippen molar-refractivity contribution in [1.29, 1.82) is 0 Å². The minimum atomic E-state index is 0.0137. The molecule has 0 spiro atoms. The van der Waals surface area contributed by atoms with Gasteiger partial charge in [0.1, 0.15) is 6.61 Å². The Kier molecular flexibility index (Phi) is 6.42. The number of nitrogens with one attached hydrogen (secondary N) is 1. The van der Waals surface area contributed by atoms with Crippen molar-refractivity contribution in [2.24, 2.45) is 5.92 Å². The molecule has 0 radical (unpaired) electrons. The van der Waals surface area contributed by atoms with E-state index in [-0.39, 0.29) is 12.5 Å². The summed E-state index contributed by atoms with van der Waals surface area (Å²) in [6, 6.07) is 0. The van der Waals surface area contributed by atoms with Crippen LogP contribution < -0.4 is 5.32 Å². The second-order valence-corrected chi connectivity index (χ2v) is 4.32. The Balaban J connectivity index is 2.07. The Hall–Kier alpha value is -0.610. The van der Waals surface area contributed by atoms with E-state index >= 15 is 0 Å². The lowest BCUT2D eigenvalue weighted by Gasteiger charge is -2.31. The largest absolute Gasteiger partial charge is 0.372 e. The van der Waals surface area contributed by atoms with Crippen molar-refractivity contribution < 1.29 is 9.53 Å². The number of carbonyl (C=O) groups excluding carboxylic acids is 1. The van der Waals surface area contributed by atoms with E-state index in [0.717, 1.165) is 13.1 Å². The van der Waals surface area contributed by atoms with Crippen LogP contribution in [-0.4, -0.2) is 50.2 Å². The third kappa shape index (κ3) is 4.94. The molecule has 16 heavy (non-hydrogen) atoms. The Morgan fingerprint density at radius 3 is 2.62 bits per heavy atom. The summed E-state index contributed by atoms with van der Waals surface area (Å²) in [5, 5.41) is 2.94. The summed E-state index contributed by atoms with van der Waals surface area (Å²) in [4.78, 5) is 13.8. The van der Waals surface area contributed by atoms with Gasteiger partial charge in [-0.25, -0.2) is 0 Å². The maximum atomic E-state index is 11.3. The molecule has 4 nitrogen and oxygen atoms in total. The number of hydrogen-bond donors (Lipinski definition) is 1. The van der Waals surface area contributed by atoms with Crippen molar-refractivity contribution in [3.05, 3.63) is 0 Å². The standard InChI is InChI=1S/C12H24N2O2/c1-3-14-7-5-11(6-8-14)9-13-12(15)10-16-4-2/h11H,3-10H2,1-2H3,(H,13,15). The smallest absolute Gasteiger partial charge is 0.246 e. The monoisotopic (exact) mass is 228 g/mol. The maximum absolute atomic E-state index is 11.3. The zero-order valence-electron chi connectivity index (χ0n) is 10.5. The first kappa shape index (κ1) is 13.5. The Morgan fingerprint density at radius 1 is 1.38 bits per heavy atom. The highest BCUT2D eigenvalue weighted by atomic mass is 16.5. The fraction of sp³-hybridized carbons (Fsp3) is 0.917. The molecular weight excluding hydrogens is 204 g/mol. The van der Waals surface area contributed by atoms with Crippen LogP contribution in [0.1, 0.15) is 26.7 Å². The van der Waals surface area contributed by atoms with E-state index in [4.69, 9.17) is 4.74 Å². The van der Waals surface area contributed by atoms with Crippen molar-refractivity contribution in [3.63, 3.8) is 0 Å². The van der Waals surface area contributed by atoms with Gasteiger partial charge >= 0.3 is 0 Å². The molecule has 0 aliphatic carbocycles. The fourth-order valence-electron chi connectivity index (χ4n) is 2.01. The van der Waals surface area contributed by atoms with Gasteiger partial charge in [-0.15, -0.1) is 0 Å². The van der Waals surface area contributed by atoms with Gasteiger partial charge in [-0.2, -0.15) is 0 Å². The molecule has 0 aromatic carbocycles. The van der Waals surface area contributed by atoms with Crippen LogP contribution in [0.4, 0.5) is 0 Å². The van der Waals surface area contributed by atoms with Crippen LogP contribution in [0.3, 0.4) is 0 Å². The SMILES string of the molecule is CCOCC(=O)NCC1CCN(CC)CC1. The number of rotatable bonds is 6. The summed E-state index contributed by atoms with van der Waals surface area (Å²) in [7, 11) is 0. The van der Waals surface area contributed by atoms with E-state index in [0.29, 0.717) is 12.5 Å². The molecule has 0 saturated carbocycles. The van der Waals surface area contributed by atoms with Crippen molar-refractivity contribution >= 4 is 5.91 Å². The van der Waals surface area contributed by atoms with Gasteiger partial charge in [-0.05, 0) is 45.3 Å². The third-order valence-corrected chi connectivity index (χ3v) is 3.18. The van der Waals surface area contributed by atoms with Gasteiger partial charge in [0.05, 0.1) is 0 Å². The highest BCUT2D eigenvalue weighted by molar-refractivity contribution is 5.77. The number of piperidine rings is 1. The lowest BCUT2D eigenvalue weighted by Crippen LogP contribution is -2.39. The average Bonchev–Trinajstić information content (AvgIpc) is 2.34. The first-order valence-corrected chi connectivity index (χ1v) is 6.33. The van der Waals surface area contributed by atoms with Gasteiger partial charge in [0.25, 0.3) is 0 Å².